The molecule has 8 rings (SSSR count). The summed E-state index contributed by atoms with van der Waals surface area (Å²) in [5.41, 5.74) is 21.8. The molecule has 0 bridgehead atoms. The lowest BCUT2D eigenvalue weighted by Gasteiger charge is -2.29. The summed E-state index contributed by atoms with van der Waals surface area (Å²) in [6, 6.07) is 28.1. The molecule has 1 aliphatic rings. The number of hydrogen-bond acceptors (Lipinski definition) is 2. The molecule has 0 saturated heterocycles. The Morgan fingerprint density at radius 2 is 0.980 bits per heavy atom. The van der Waals surface area contributed by atoms with Crippen LogP contribution in [0.1, 0.15) is 0 Å². The first-order valence-electron chi connectivity index (χ1n) is 17.7. The van der Waals surface area contributed by atoms with E-state index < -0.39 is 0 Å². The predicted octanol–water partition coefficient (Wildman–Crippen LogP) is -6.94. The SMILES string of the molecule is Bc1c(B)c(-c2c(B)c(B)c(B)c3c(B)c(B)c(O)c(B)c23)c(B)c(B)c1-c1ccc2c3c(cccc13)Oc1cc(-c3ccccc3)ccc1-2. The van der Waals surface area contributed by atoms with Crippen LogP contribution in [0.4, 0.5) is 0 Å². The Kier molecular flexibility index (Phi) is 7.60. The van der Waals surface area contributed by atoms with Gasteiger partial charge < -0.3 is 9.84 Å². The summed E-state index contributed by atoms with van der Waals surface area (Å²) >= 11 is 0. The van der Waals surface area contributed by atoms with Crippen molar-refractivity contribution in [1.29, 1.82) is 0 Å². The molecular weight excluding hydrogens is 597 g/mol. The number of rotatable bonds is 3. The monoisotopic (exact) mass is 632 g/mol. The molecule has 1 heterocycles. The summed E-state index contributed by atoms with van der Waals surface area (Å²) in [5, 5.41) is 16.2. The first kappa shape index (κ1) is 32.5. The van der Waals surface area contributed by atoms with Crippen LogP contribution in [-0.4, -0.2) is 83.6 Å². The van der Waals surface area contributed by atoms with Crippen LogP contribution in [0.5, 0.6) is 17.2 Å². The van der Waals surface area contributed by atoms with Crippen molar-refractivity contribution in [2.75, 3.05) is 0 Å². The zero-order valence-corrected chi connectivity index (χ0v) is 30.9. The van der Waals surface area contributed by atoms with E-state index in [2.05, 4.69) is 143 Å². The van der Waals surface area contributed by atoms with Crippen molar-refractivity contribution in [3.05, 3.63) is 78.9 Å². The number of phenolic OH excluding ortho intramolecular Hbond substituents is 1. The quantitative estimate of drug-likeness (QED) is 0.197. The highest BCUT2D eigenvalue weighted by Crippen LogP contribution is 2.49. The molecule has 1 aliphatic heterocycles. The standard InChI is InChI=1S/C38H34B10O2/c39-28-23(29(40)32(43)26(31(28)42)24-25-27(33(44)36(47)30(24)41)34(45)37(48)38(49)35(25)46)19-12-11-18-16-10-9-15(14-5-2-1-3-6-14)13-21(16)50-20-8-4-7-17(19)22(18)20/h1-13,49H,39-48H2. The average molecular weight is 631 g/mol. The van der Waals surface area contributed by atoms with E-state index in [4.69, 9.17) is 4.74 Å². The van der Waals surface area contributed by atoms with Crippen molar-refractivity contribution in [1.82, 2.24) is 0 Å². The van der Waals surface area contributed by atoms with Gasteiger partial charge in [-0.1, -0.05) is 104 Å². The summed E-state index contributed by atoms with van der Waals surface area (Å²) < 4.78 is 6.68. The van der Waals surface area contributed by atoms with Gasteiger partial charge in [-0.15, -0.1) is 5.46 Å². The molecule has 50 heavy (non-hydrogen) atoms. The molecule has 7 aromatic carbocycles. The van der Waals surface area contributed by atoms with Crippen molar-refractivity contribution >= 4 is 155 Å². The van der Waals surface area contributed by atoms with Crippen molar-refractivity contribution in [3.63, 3.8) is 0 Å². The summed E-state index contributed by atoms with van der Waals surface area (Å²) in [7, 11) is 22.2. The van der Waals surface area contributed by atoms with Crippen LogP contribution in [-0.2, 0) is 0 Å². The third kappa shape index (κ3) is 4.50. The molecule has 7 aromatic rings. The van der Waals surface area contributed by atoms with Crippen molar-refractivity contribution < 1.29 is 9.84 Å². The van der Waals surface area contributed by atoms with Gasteiger partial charge in [-0.05, 0) is 78.8 Å². The number of phenols is 1. The molecule has 12 heteroatoms. The fourth-order valence-electron chi connectivity index (χ4n) is 8.83. The van der Waals surface area contributed by atoms with Gasteiger partial charge in [0.05, 0.1) is 0 Å². The van der Waals surface area contributed by atoms with E-state index in [1.807, 2.05) is 13.9 Å². The molecule has 0 unspecified atom stereocenters. The summed E-state index contributed by atoms with van der Waals surface area (Å²) in [6.45, 7) is 0. The molecule has 2 nitrogen and oxygen atoms in total. The van der Waals surface area contributed by atoms with Crippen LogP contribution >= 0.6 is 0 Å². The molecule has 0 aromatic heterocycles. The third-order valence-corrected chi connectivity index (χ3v) is 12.1. The molecule has 228 valence electrons. The highest BCUT2D eigenvalue weighted by Gasteiger charge is 2.27. The average Bonchev–Trinajstić information content (AvgIpc) is 3.13. The first-order valence-corrected chi connectivity index (χ1v) is 17.7. The van der Waals surface area contributed by atoms with Crippen LogP contribution in [0.15, 0.2) is 78.9 Å². The van der Waals surface area contributed by atoms with Crippen molar-refractivity contribution in [2.24, 2.45) is 0 Å². The van der Waals surface area contributed by atoms with Crippen LogP contribution in [0.25, 0.3) is 66.1 Å². The zero-order valence-electron chi connectivity index (χ0n) is 30.9. The Morgan fingerprint density at radius 1 is 0.380 bits per heavy atom. The molecule has 0 spiro atoms. The normalized spacial score (nSPS) is 11.8. The Balaban J connectivity index is 1.36. The van der Waals surface area contributed by atoms with E-state index >= 15 is 0 Å². The van der Waals surface area contributed by atoms with Crippen LogP contribution in [0.2, 0.25) is 0 Å². The maximum absolute atomic E-state index is 11.3. The summed E-state index contributed by atoms with van der Waals surface area (Å²) in [5.74, 6) is 2.20. The van der Waals surface area contributed by atoms with Gasteiger partial charge in [0, 0.05) is 10.9 Å². The minimum Gasteiger partial charge on any atom is -0.509 e. The van der Waals surface area contributed by atoms with Gasteiger partial charge >= 0.3 is 0 Å². The summed E-state index contributed by atoms with van der Waals surface area (Å²) in [4.78, 5) is 0. The molecular formula is C38H34B10O2. The second kappa shape index (κ2) is 11.7. The summed E-state index contributed by atoms with van der Waals surface area (Å²) in [6.07, 6.45) is 0. The number of fused-ring (bicyclic) bond motifs is 3. The van der Waals surface area contributed by atoms with E-state index in [1.54, 1.807) is 0 Å². The fraction of sp³-hybridized carbons (Fsp3) is 0. The Bertz CT molecular complexity index is 2600. The molecule has 0 radical (unpaired) electrons. The van der Waals surface area contributed by atoms with Gasteiger partial charge in [-0.2, -0.15) is 0 Å². The van der Waals surface area contributed by atoms with Gasteiger partial charge in [0.15, 0.2) is 0 Å². The Hall–Kier alpha value is -4.69. The topological polar surface area (TPSA) is 29.5 Å². The predicted molar refractivity (Wildman–Crippen MR) is 247 cm³/mol. The van der Waals surface area contributed by atoms with E-state index in [0.29, 0.717) is 5.75 Å². The molecule has 0 atom stereocenters. The number of ether oxygens (including phenoxy) is 1. The number of hydrogen-bond donors (Lipinski definition) is 1. The minimum atomic E-state index is 0.406. The maximum atomic E-state index is 11.3. The van der Waals surface area contributed by atoms with Crippen LogP contribution < -0.4 is 59.4 Å². The van der Waals surface area contributed by atoms with Gasteiger partial charge in [0.2, 0.25) is 0 Å². The fourth-order valence-corrected chi connectivity index (χ4v) is 8.83. The van der Waals surface area contributed by atoms with Gasteiger partial charge in [-0.25, -0.2) is 0 Å². The van der Waals surface area contributed by atoms with E-state index in [0.717, 1.165) is 44.4 Å². The van der Waals surface area contributed by atoms with Crippen molar-refractivity contribution in [2.45, 2.75) is 0 Å². The van der Waals surface area contributed by atoms with Gasteiger partial charge in [-0.3, -0.25) is 0 Å². The van der Waals surface area contributed by atoms with Crippen molar-refractivity contribution in [3.8, 4) is 61.8 Å². The molecule has 0 aliphatic carbocycles. The molecule has 0 amide bonds. The van der Waals surface area contributed by atoms with Gasteiger partial charge in [0.1, 0.15) is 95.7 Å². The maximum Gasteiger partial charge on any atom is 0.145 e. The highest BCUT2D eigenvalue weighted by molar-refractivity contribution is 6.70. The van der Waals surface area contributed by atoms with E-state index in [9.17, 15) is 5.11 Å². The second-order valence-corrected chi connectivity index (χ2v) is 14.5. The molecule has 0 fully saturated rings. The van der Waals surface area contributed by atoms with Gasteiger partial charge in [0.25, 0.3) is 0 Å². The lowest BCUT2D eigenvalue weighted by Crippen LogP contribution is -2.49. The third-order valence-electron chi connectivity index (χ3n) is 12.1. The minimum absolute atomic E-state index is 0.406. The number of aromatic hydroxyl groups is 1. The Labute approximate surface area is 303 Å². The zero-order chi connectivity index (χ0) is 35.3. The molecule has 1 N–H and O–H groups in total. The van der Waals surface area contributed by atoms with E-state index in [-0.39, 0.29) is 0 Å². The highest BCUT2D eigenvalue weighted by atomic mass is 16.5. The first-order chi connectivity index (χ1) is 23.9. The lowest BCUT2D eigenvalue weighted by atomic mass is 9.57. The second-order valence-electron chi connectivity index (χ2n) is 14.5. The molecule has 0 saturated carbocycles. The van der Waals surface area contributed by atoms with E-state index in [1.165, 1.54) is 87.8 Å². The van der Waals surface area contributed by atoms with Crippen LogP contribution in [0, 0.1) is 0 Å². The lowest BCUT2D eigenvalue weighted by molar-refractivity contribution is 0.485. The Morgan fingerprint density at radius 3 is 1.68 bits per heavy atom. The van der Waals surface area contributed by atoms with Crippen LogP contribution in [0.3, 0.4) is 0 Å². The number of benzene rings is 7. The largest absolute Gasteiger partial charge is 0.509 e. The smallest absolute Gasteiger partial charge is 0.145 e.